The van der Waals surface area contributed by atoms with Gasteiger partial charge in [-0.25, -0.2) is 0 Å². The summed E-state index contributed by atoms with van der Waals surface area (Å²) in [5, 5.41) is 3.55. The first-order valence-corrected chi connectivity index (χ1v) is 7.60. The fourth-order valence-electron chi connectivity index (χ4n) is 2.85. The summed E-state index contributed by atoms with van der Waals surface area (Å²) >= 11 is 0. The van der Waals surface area contributed by atoms with Crippen molar-refractivity contribution in [1.82, 2.24) is 15.1 Å². The van der Waals surface area contributed by atoms with Gasteiger partial charge in [-0.05, 0) is 38.6 Å². The van der Waals surface area contributed by atoms with Gasteiger partial charge >= 0.3 is 0 Å². The van der Waals surface area contributed by atoms with Crippen LogP contribution in [0.15, 0.2) is 4.99 Å². The predicted octanol–water partition coefficient (Wildman–Crippen LogP) is 2.39. The molecule has 4 nitrogen and oxygen atoms in total. The number of likely N-dealkylation sites (tertiary alicyclic amines) is 1. The molecule has 0 aromatic heterocycles. The zero-order valence-electron chi connectivity index (χ0n) is 13.6. The van der Waals surface area contributed by atoms with E-state index in [1.54, 1.807) is 0 Å². The second-order valence-electron chi connectivity index (χ2n) is 7.01. The molecular formula is C15H31IN4. The molecule has 0 aromatic rings. The predicted molar refractivity (Wildman–Crippen MR) is 97.0 cm³/mol. The molecule has 1 aliphatic carbocycles. The average Bonchev–Trinajstić information content (AvgIpc) is 3.14. The third kappa shape index (κ3) is 4.76. The largest absolute Gasteiger partial charge is 0.355 e. The van der Waals surface area contributed by atoms with Crippen LogP contribution in [0.3, 0.4) is 0 Å². The summed E-state index contributed by atoms with van der Waals surface area (Å²) in [7, 11) is 4.13. The standard InChI is InChI=1S/C15H30N4.HI/c1-12(18(5)13-6-7-13)10-17-14(16-4)19-9-8-15(2,3)11-19;/h12-13H,6-11H2,1-5H3,(H,16,17);1H. The summed E-state index contributed by atoms with van der Waals surface area (Å²) < 4.78 is 0. The molecule has 0 radical (unpaired) electrons. The first kappa shape index (κ1) is 18.0. The van der Waals surface area contributed by atoms with E-state index in [1.165, 1.54) is 19.3 Å². The Morgan fingerprint density at radius 3 is 2.55 bits per heavy atom. The SMILES string of the molecule is CN=C(NCC(C)N(C)C1CC1)N1CCC(C)(C)C1.I. The van der Waals surface area contributed by atoms with Gasteiger partial charge in [0.05, 0.1) is 0 Å². The van der Waals surface area contributed by atoms with E-state index in [-0.39, 0.29) is 24.0 Å². The van der Waals surface area contributed by atoms with E-state index < -0.39 is 0 Å². The lowest BCUT2D eigenvalue weighted by atomic mass is 9.93. The number of rotatable bonds is 4. The molecule has 1 unspecified atom stereocenters. The van der Waals surface area contributed by atoms with Crippen LogP contribution >= 0.6 is 24.0 Å². The molecule has 118 valence electrons. The number of nitrogens with one attached hydrogen (secondary N) is 1. The van der Waals surface area contributed by atoms with Gasteiger partial charge in [-0.1, -0.05) is 13.8 Å². The summed E-state index contributed by atoms with van der Waals surface area (Å²) in [6.45, 7) is 10.2. The second-order valence-corrected chi connectivity index (χ2v) is 7.01. The van der Waals surface area contributed by atoms with Crippen molar-refractivity contribution in [3.63, 3.8) is 0 Å². The number of aliphatic imine (C=N–C) groups is 1. The fourth-order valence-corrected chi connectivity index (χ4v) is 2.85. The molecular weight excluding hydrogens is 363 g/mol. The molecule has 1 saturated carbocycles. The van der Waals surface area contributed by atoms with Crippen LogP contribution in [-0.2, 0) is 0 Å². The van der Waals surface area contributed by atoms with E-state index >= 15 is 0 Å². The van der Waals surface area contributed by atoms with E-state index in [4.69, 9.17) is 0 Å². The lowest BCUT2D eigenvalue weighted by molar-refractivity contribution is 0.246. The lowest BCUT2D eigenvalue weighted by Gasteiger charge is -2.28. The summed E-state index contributed by atoms with van der Waals surface area (Å²) in [5.74, 6) is 1.07. The fraction of sp³-hybridized carbons (Fsp3) is 0.933. The molecule has 2 rings (SSSR count). The Morgan fingerprint density at radius 1 is 1.45 bits per heavy atom. The van der Waals surface area contributed by atoms with Crippen LogP contribution in [-0.4, -0.2) is 61.6 Å². The van der Waals surface area contributed by atoms with E-state index in [9.17, 15) is 0 Å². The van der Waals surface area contributed by atoms with Crippen LogP contribution in [0.1, 0.15) is 40.0 Å². The highest BCUT2D eigenvalue weighted by Crippen LogP contribution is 2.29. The Balaban J connectivity index is 0.00000200. The second kappa shape index (κ2) is 7.29. The number of nitrogens with zero attached hydrogens (tertiary/aromatic N) is 3. The molecule has 1 saturated heterocycles. The third-order valence-electron chi connectivity index (χ3n) is 4.56. The number of guanidine groups is 1. The molecule has 0 aromatic carbocycles. The number of likely N-dealkylation sites (N-methyl/N-ethyl adjacent to an activating group) is 1. The van der Waals surface area contributed by atoms with Gasteiger partial charge in [-0.2, -0.15) is 0 Å². The zero-order chi connectivity index (χ0) is 14.0. The normalized spacial score (nSPS) is 23.7. The highest BCUT2D eigenvalue weighted by atomic mass is 127. The molecule has 0 spiro atoms. The van der Waals surface area contributed by atoms with Crippen LogP contribution < -0.4 is 5.32 Å². The van der Waals surface area contributed by atoms with E-state index in [0.717, 1.165) is 31.6 Å². The maximum Gasteiger partial charge on any atom is 0.193 e. The maximum absolute atomic E-state index is 4.44. The Morgan fingerprint density at radius 2 is 2.10 bits per heavy atom. The summed E-state index contributed by atoms with van der Waals surface area (Å²) in [4.78, 5) is 9.33. The van der Waals surface area contributed by atoms with Crippen molar-refractivity contribution in [1.29, 1.82) is 0 Å². The monoisotopic (exact) mass is 394 g/mol. The number of hydrogen-bond acceptors (Lipinski definition) is 2. The van der Waals surface area contributed by atoms with Crippen LogP contribution in [0.4, 0.5) is 0 Å². The number of halogens is 1. The third-order valence-corrected chi connectivity index (χ3v) is 4.56. The first-order valence-electron chi connectivity index (χ1n) is 7.60. The molecule has 1 aliphatic heterocycles. The summed E-state index contributed by atoms with van der Waals surface area (Å²) in [6, 6.07) is 1.39. The minimum absolute atomic E-state index is 0. The molecule has 2 aliphatic rings. The van der Waals surface area contributed by atoms with Crippen molar-refractivity contribution in [3.05, 3.63) is 0 Å². The first-order chi connectivity index (χ1) is 8.93. The number of hydrogen-bond donors (Lipinski definition) is 1. The molecule has 1 N–H and O–H groups in total. The smallest absolute Gasteiger partial charge is 0.193 e. The molecule has 0 bridgehead atoms. The minimum atomic E-state index is 0. The Hall–Kier alpha value is -0.0400. The van der Waals surface area contributed by atoms with Crippen LogP contribution in [0, 0.1) is 5.41 Å². The summed E-state index contributed by atoms with van der Waals surface area (Å²) in [5.41, 5.74) is 0.425. The van der Waals surface area contributed by atoms with Gasteiger partial charge in [0.1, 0.15) is 0 Å². The van der Waals surface area contributed by atoms with Crippen molar-refractivity contribution >= 4 is 29.9 Å². The lowest BCUT2D eigenvalue weighted by Crippen LogP contribution is -2.46. The van der Waals surface area contributed by atoms with Crippen molar-refractivity contribution in [3.8, 4) is 0 Å². The van der Waals surface area contributed by atoms with Gasteiger partial charge in [-0.15, -0.1) is 24.0 Å². The Labute approximate surface area is 141 Å². The molecule has 5 heteroatoms. The molecule has 1 heterocycles. The van der Waals surface area contributed by atoms with Crippen LogP contribution in [0.2, 0.25) is 0 Å². The van der Waals surface area contributed by atoms with Gasteiger partial charge in [0.25, 0.3) is 0 Å². The van der Waals surface area contributed by atoms with Crippen molar-refractivity contribution in [2.24, 2.45) is 10.4 Å². The maximum atomic E-state index is 4.44. The van der Waals surface area contributed by atoms with Crippen molar-refractivity contribution in [2.45, 2.75) is 52.1 Å². The Bertz CT molecular complexity index is 339. The van der Waals surface area contributed by atoms with Crippen LogP contribution in [0.25, 0.3) is 0 Å². The van der Waals surface area contributed by atoms with Crippen LogP contribution in [0.5, 0.6) is 0 Å². The van der Waals surface area contributed by atoms with Crippen molar-refractivity contribution < 1.29 is 0 Å². The quantitative estimate of drug-likeness (QED) is 0.451. The molecule has 20 heavy (non-hydrogen) atoms. The summed E-state index contributed by atoms with van der Waals surface area (Å²) in [6.07, 6.45) is 4.00. The minimum Gasteiger partial charge on any atom is -0.355 e. The van der Waals surface area contributed by atoms with E-state index in [2.05, 4.69) is 47.9 Å². The van der Waals surface area contributed by atoms with Gasteiger partial charge in [-0.3, -0.25) is 9.89 Å². The van der Waals surface area contributed by atoms with Crippen molar-refractivity contribution in [2.75, 3.05) is 33.7 Å². The molecule has 2 fully saturated rings. The topological polar surface area (TPSA) is 30.9 Å². The Kier molecular flexibility index (Phi) is 6.57. The highest BCUT2D eigenvalue weighted by Gasteiger charge is 2.32. The van der Waals surface area contributed by atoms with E-state index in [0.29, 0.717) is 11.5 Å². The molecule has 0 amide bonds. The van der Waals surface area contributed by atoms with Gasteiger partial charge < -0.3 is 10.2 Å². The highest BCUT2D eigenvalue weighted by molar-refractivity contribution is 14.0. The van der Waals surface area contributed by atoms with Gasteiger partial charge in [0.15, 0.2) is 5.96 Å². The van der Waals surface area contributed by atoms with Gasteiger partial charge in [0, 0.05) is 38.8 Å². The zero-order valence-corrected chi connectivity index (χ0v) is 16.0. The average molecular weight is 394 g/mol. The van der Waals surface area contributed by atoms with Gasteiger partial charge in [0.2, 0.25) is 0 Å². The molecule has 1 atom stereocenters. The van der Waals surface area contributed by atoms with E-state index in [1.807, 2.05) is 7.05 Å².